The van der Waals surface area contributed by atoms with Crippen LogP contribution in [0.3, 0.4) is 0 Å². The van der Waals surface area contributed by atoms with E-state index in [0.29, 0.717) is 11.5 Å². The molecule has 1 aliphatic rings. The van der Waals surface area contributed by atoms with Gasteiger partial charge in [0.15, 0.2) is 11.7 Å². The number of hydrazine groups is 1. The van der Waals surface area contributed by atoms with Crippen LogP contribution in [-0.2, 0) is 10.4 Å². The third-order valence-electron chi connectivity index (χ3n) is 3.22. The van der Waals surface area contributed by atoms with Crippen LogP contribution in [-0.4, -0.2) is 33.4 Å². The van der Waals surface area contributed by atoms with E-state index in [2.05, 4.69) is 11.6 Å². The highest BCUT2D eigenvalue weighted by Crippen LogP contribution is 2.27. The molecule has 0 bridgehead atoms. The minimum Gasteiger partial charge on any atom is -0.404 e. The Hall–Kier alpha value is -2.67. The maximum absolute atomic E-state index is 12.3. The van der Waals surface area contributed by atoms with Gasteiger partial charge in [0.1, 0.15) is 11.2 Å². The average molecular weight is 301 g/mol. The number of hydrogen-bond donors (Lipinski definition) is 3. The van der Waals surface area contributed by atoms with E-state index in [1.807, 2.05) is 0 Å². The fraction of sp³-hybridized carbons (Fsp3) is 0.267. The topological polar surface area (TPSA) is 107 Å². The third kappa shape index (κ3) is 2.58. The van der Waals surface area contributed by atoms with Gasteiger partial charge in [0.25, 0.3) is 5.91 Å². The van der Waals surface area contributed by atoms with E-state index in [4.69, 9.17) is 11.1 Å². The number of amides is 1. The Morgan fingerprint density at radius 3 is 2.73 bits per heavy atom. The number of rotatable bonds is 4. The predicted molar refractivity (Wildman–Crippen MR) is 83.9 cm³/mol. The molecule has 0 saturated carbocycles. The van der Waals surface area contributed by atoms with E-state index in [1.165, 1.54) is 10.0 Å². The lowest BCUT2D eigenvalue weighted by molar-refractivity contribution is -0.124. The number of nitrogens with two attached hydrogens (primary N) is 1. The van der Waals surface area contributed by atoms with Crippen molar-refractivity contribution in [1.29, 1.82) is 5.41 Å². The van der Waals surface area contributed by atoms with Crippen LogP contribution in [0, 0.1) is 5.41 Å². The van der Waals surface area contributed by atoms with E-state index in [-0.39, 0.29) is 23.9 Å². The summed E-state index contributed by atoms with van der Waals surface area (Å²) in [6, 6.07) is 5.05. The first-order valence-corrected chi connectivity index (χ1v) is 6.74. The summed E-state index contributed by atoms with van der Waals surface area (Å²) in [7, 11) is 0. The summed E-state index contributed by atoms with van der Waals surface area (Å²) in [6.07, 6.45) is 2.66. The summed E-state index contributed by atoms with van der Waals surface area (Å²) in [5.74, 6) is -0.0886. The van der Waals surface area contributed by atoms with Crippen LogP contribution in [0.2, 0.25) is 0 Å². The molecular weight excluding hydrogens is 282 g/mol. The second-order valence-electron chi connectivity index (χ2n) is 5.36. The van der Waals surface area contributed by atoms with Gasteiger partial charge in [-0.15, -0.1) is 6.58 Å². The molecule has 0 unspecified atom stereocenters. The van der Waals surface area contributed by atoms with E-state index in [9.17, 15) is 9.90 Å². The number of carbonyl (C=O) groups is 1. The molecule has 7 heteroatoms. The molecule has 2 rings (SSSR count). The van der Waals surface area contributed by atoms with E-state index >= 15 is 0 Å². The lowest BCUT2D eigenvalue weighted by Gasteiger charge is -2.27. The van der Waals surface area contributed by atoms with Crippen molar-refractivity contribution in [2.24, 2.45) is 5.73 Å². The number of aromatic nitrogens is 1. The van der Waals surface area contributed by atoms with E-state index < -0.39 is 5.60 Å². The highest BCUT2D eigenvalue weighted by Gasteiger charge is 2.39. The second-order valence-corrected chi connectivity index (χ2v) is 5.36. The zero-order chi connectivity index (χ0) is 16.5. The average Bonchev–Trinajstić information content (AvgIpc) is 2.69. The summed E-state index contributed by atoms with van der Waals surface area (Å²) in [5, 5.41) is 20.9. The largest absolute Gasteiger partial charge is 0.404 e. The van der Waals surface area contributed by atoms with E-state index in [1.54, 1.807) is 38.1 Å². The minimum absolute atomic E-state index is 0.0604. The zero-order valence-electron chi connectivity index (χ0n) is 12.6. The van der Waals surface area contributed by atoms with Crippen molar-refractivity contribution < 1.29 is 9.90 Å². The van der Waals surface area contributed by atoms with Gasteiger partial charge in [-0.05, 0) is 26.0 Å². The molecule has 4 N–H and O–H groups in total. The Bertz CT molecular complexity index is 660. The van der Waals surface area contributed by atoms with Crippen LogP contribution in [0.15, 0.2) is 42.6 Å². The molecule has 0 spiro atoms. The number of aliphatic hydroxyl groups is 1. The van der Waals surface area contributed by atoms with Crippen LogP contribution in [0.5, 0.6) is 0 Å². The first kappa shape index (κ1) is 15.7. The number of hydrogen-bond acceptors (Lipinski definition) is 5. The maximum atomic E-state index is 12.3. The Morgan fingerprint density at radius 2 is 2.18 bits per heavy atom. The number of pyridine rings is 1. The zero-order valence-corrected chi connectivity index (χ0v) is 12.6. The summed E-state index contributed by atoms with van der Waals surface area (Å²) >= 11 is 0. The van der Waals surface area contributed by atoms with Gasteiger partial charge in [-0.3, -0.25) is 10.2 Å². The molecule has 116 valence electrons. The number of nitrogens with zero attached hydrogens (tertiary/aromatic N) is 3. The van der Waals surface area contributed by atoms with Crippen molar-refractivity contribution in [3.05, 3.63) is 48.3 Å². The van der Waals surface area contributed by atoms with Gasteiger partial charge < -0.3 is 10.8 Å². The molecule has 0 aliphatic carbocycles. The fourth-order valence-corrected chi connectivity index (χ4v) is 2.12. The van der Waals surface area contributed by atoms with Gasteiger partial charge in [0.2, 0.25) is 0 Å². The summed E-state index contributed by atoms with van der Waals surface area (Å²) < 4.78 is 0. The van der Waals surface area contributed by atoms with Crippen LogP contribution >= 0.6 is 0 Å². The summed E-state index contributed by atoms with van der Waals surface area (Å²) in [4.78, 5) is 16.6. The normalized spacial score (nSPS) is 17.5. The SMILES string of the molecule is C=CCN1C(=O)/C(=C/N)C(=N)N1c1cccc(C(C)(C)O)n1. The molecule has 1 aromatic heterocycles. The molecule has 1 amide bonds. The molecule has 22 heavy (non-hydrogen) atoms. The molecule has 7 nitrogen and oxygen atoms in total. The lowest BCUT2D eigenvalue weighted by atomic mass is 10.1. The van der Waals surface area contributed by atoms with Gasteiger partial charge in [0.05, 0.1) is 12.2 Å². The van der Waals surface area contributed by atoms with Crippen LogP contribution in [0.25, 0.3) is 0 Å². The summed E-state index contributed by atoms with van der Waals surface area (Å²) in [6.45, 7) is 7.07. The lowest BCUT2D eigenvalue weighted by Crippen LogP contribution is -2.41. The maximum Gasteiger partial charge on any atom is 0.278 e. The Kier molecular flexibility index (Phi) is 4.01. The Balaban J connectivity index is 2.51. The van der Waals surface area contributed by atoms with Gasteiger partial charge in [-0.25, -0.2) is 15.0 Å². The first-order valence-electron chi connectivity index (χ1n) is 6.74. The number of amidine groups is 1. The molecule has 2 heterocycles. The Labute approximate surface area is 128 Å². The van der Waals surface area contributed by atoms with E-state index in [0.717, 1.165) is 6.20 Å². The monoisotopic (exact) mass is 301 g/mol. The van der Waals surface area contributed by atoms with Crippen molar-refractivity contribution in [2.45, 2.75) is 19.4 Å². The predicted octanol–water partition coefficient (Wildman–Crippen LogP) is 0.878. The minimum atomic E-state index is -1.13. The molecule has 0 aromatic carbocycles. The van der Waals surface area contributed by atoms with Gasteiger partial charge in [0, 0.05) is 6.20 Å². The standard InChI is InChI=1S/C15H19N5O2/c1-4-8-19-14(21)10(9-16)13(17)20(19)12-7-5-6-11(18-12)15(2,3)22/h4-7,9,17,22H,1,8,16H2,2-3H3/b10-9+,17-13?. The molecule has 1 aromatic rings. The van der Waals surface area contributed by atoms with Crippen molar-refractivity contribution >= 4 is 17.6 Å². The van der Waals surface area contributed by atoms with Crippen LogP contribution in [0.1, 0.15) is 19.5 Å². The smallest absolute Gasteiger partial charge is 0.278 e. The van der Waals surface area contributed by atoms with Gasteiger partial charge >= 0.3 is 0 Å². The van der Waals surface area contributed by atoms with Crippen LogP contribution < -0.4 is 10.7 Å². The molecule has 1 fully saturated rings. The number of anilines is 1. The highest BCUT2D eigenvalue weighted by molar-refractivity contribution is 6.30. The Morgan fingerprint density at radius 1 is 1.50 bits per heavy atom. The second kappa shape index (κ2) is 5.61. The number of nitrogens with one attached hydrogen (secondary N) is 1. The van der Waals surface area contributed by atoms with Gasteiger partial charge in [-0.2, -0.15) is 0 Å². The van der Waals surface area contributed by atoms with Gasteiger partial charge in [-0.1, -0.05) is 12.1 Å². The first-order chi connectivity index (χ1) is 10.3. The quantitative estimate of drug-likeness (QED) is 0.565. The molecule has 0 radical (unpaired) electrons. The number of carbonyl (C=O) groups excluding carboxylic acids is 1. The van der Waals surface area contributed by atoms with Crippen LogP contribution in [0.4, 0.5) is 5.82 Å². The molecular formula is C15H19N5O2. The highest BCUT2D eigenvalue weighted by atomic mass is 16.3. The summed E-state index contributed by atoms with van der Waals surface area (Å²) in [5.41, 5.74) is 4.86. The van der Waals surface area contributed by atoms with Crippen molar-refractivity contribution in [1.82, 2.24) is 9.99 Å². The molecule has 1 aliphatic heterocycles. The van der Waals surface area contributed by atoms with Crippen molar-refractivity contribution in [2.75, 3.05) is 11.6 Å². The fourth-order valence-electron chi connectivity index (χ4n) is 2.12. The van der Waals surface area contributed by atoms with Crippen molar-refractivity contribution in [3.8, 4) is 0 Å². The third-order valence-corrected chi connectivity index (χ3v) is 3.22. The molecule has 0 atom stereocenters. The molecule has 1 saturated heterocycles. The van der Waals surface area contributed by atoms with Crippen molar-refractivity contribution in [3.63, 3.8) is 0 Å².